The fourth-order valence-electron chi connectivity index (χ4n) is 10.4. The maximum atomic E-state index is 6.81. The van der Waals surface area contributed by atoms with E-state index in [1.165, 1.54) is 32.7 Å². The molecule has 0 saturated carbocycles. The minimum atomic E-state index is 0.126. The Balaban J connectivity index is 1.00. The lowest BCUT2D eigenvalue weighted by molar-refractivity contribution is 0.587. The van der Waals surface area contributed by atoms with E-state index in [4.69, 9.17) is 23.8 Å². The molecule has 4 heterocycles. The Morgan fingerprint density at radius 1 is 0.625 bits per heavy atom. The number of rotatable bonds is 6. The third-order valence-electron chi connectivity index (χ3n) is 13.5. The van der Waals surface area contributed by atoms with Crippen molar-refractivity contribution in [2.75, 3.05) is 0 Å². The molecule has 64 heavy (non-hydrogen) atoms. The van der Waals surface area contributed by atoms with E-state index in [0.717, 1.165) is 79.3 Å². The highest BCUT2D eigenvalue weighted by atomic mass is 32.2. The van der Waals surface area contributed by atoms with Crippen LogP contribution in [0.2, 0.25) is 0 Å². The van der Waals surface area contributed by atoms with Gasteiger partial charge in [-0.25, -0.2) is 15.0 Å². The predicted molar refractivity (Wildman–Crippen MR) is 262 cm³/mol. The molecule has 6 heteroatoms. The molecule has 4 atom stereocenters. The van der Waals surface area contributed by atoms with Gasteiger partial charge in [0, 0.05) is 66.0 Å². The van der Waals surface area contributed by atoms with Gasteiger partial charge in [0.2, 0.25) is 0 Å². The third kappa shape index (κ3) is 6.04. The quantitative estimate of drug-likeness (QED) is 0.166. The number of furan rings is 2. The molecule has 4 aliphatic rings. The Hall–Kier alpha value is -7.28. The summed E-state index contributed by atoms with van der Waals surface area (Å²) in [6.45, 7) is 2.28. The van der Waals surface area contributed by atoms with Crippen LogP contribution < -0.4 is 0 Å². The second-order valence-corrected chi connectivity index (χ2v) is 18.5. The standard InChI is InChI=1S/C58H41N3O2S/c1-34-12-9-22-48-51(34)45-19-10-17-42(54(45)63-48)41-32-33-49-52(44-16-5-7-21-47(44)62-49)53(41)58-60-56(59-57(61-58)46-20-11-18-43-40-15-6-8-23-50(40)64-55(43)46)39-30-28-38(29-31-39)37-26-24-36(25-27-37)35-13-3-2-4-14-35/h2-11,13-24,26-34,36,43,55H,12,25H2,1H3. The topological polar surface area (TPSA) is 65.0 Å². The summed E-state index contributed by atoms with van der Waals surface area (Å²) in [5.41, 5.74) is 13.7. The molecule has 9 aromatic rings. The number of fused-ring (bicyclic) bond motifs is 9. The molecule has 0 spiro atoms. The van der Waals surface area contributed by atoms with Gasteiger partial charge in [-0.3, -0.25) is 0 Å². The lowest BCUT2D eigenvalue weighted by Crippen LogP contribution is -2.16. The van der Waals surface area contributed by atoms with Crippen LogP contribution in [0.25, 0.3) is 84.0 Å². The van der Waals surface area contributed by atoms with Gasteiger partial charge in [0.05, 0.1) is 0 Å². The molecule has 0 bridgehead atoms. The Labute approximate surface area is 375 Å². The number of nitrogens with zero attached hydrogens (tertiary/aromatic N) is 3. The van der Waals surface area contributed by atoms with Crippen molar-refractivity contribution in [2.24, 2.45) is 0 Å². The largest absolute Gasteiger partial charge is 0.456 e. The molecule has 3 aromatic heterocycles. The summed E-state index contributed by atoms with van der Waals surface area (Å²) >= 11 is 1.90. The molecule has 0 amide bonds. The van der Waals surface area contributed by atoms with Gasteiger partial charge in [-0.1, -0.05) is 159 Å². The minimum absolute atomic E-state index is 0.126. The van der Waals surface area contributed by atoms with Crippen molar-refractivity contribution >= 4 is 61.9 Å². The van der Waals surface area contributed by atoms with Crippen molar-refractivity contribution in [1.82, 2.24) is 15.0 Å². The predicted octanol–water partition coefficient (Wildman–Crippen LogP) is 15.4. The van der Waals surface area contributed by atoms with Crippen molar-refractivity contribution in [2.45, 2.75) is 47.7 Å². The highest BCUT2D eigenvalue weighted by molar-refractivity contribution is 8.00. The van der Waals surface area contributed by atoms with Gasteiger partial charge < -0.3 is 8.83 Å². The summed E-state index contributed by atoms with van der Waals surface area (Å²) in [4.78, 5) is 17.7. The summed E-state index contributed by atoms with van der Waals surface area (Å²) in [5, 5.41) is 3.25. The van der Waals surface area contributed by atoms with Gasteiger partial charge in [-0.2, -0.15) is 0 Å². The SMILES string of the molecule is CC1CC=Cc2oc3c(-c4ccc5oc6ccccc6c5c4-c4nc(C5=CC=CC6c7ccccc7SC56)nc(-c5ccc(C6=CCC(c7ccccc7)C=C6)cc5)n4)cccc3c21. The van der Waals surface area contributed by atoms with Crippen LogP contribution in [-0.2, 0) is 0 Å². The number of hydrogen-bond acceptors (Lipinski definition) is 6. The van der Waals surface area contributed by atoms with Crippen LogP contribution in [0.4, 0.5) is 0 Å². The lowest BCUT2D eigenvalue weighted by atomic mass is 9.87. The van der Waals surface area contributed by atoms with Crippen LogP contribution in [0.15, 0.2) is 190 Å². The average molecular weight is 844 g/mol. The number of thioether (sulfide) groups is 1. The molecular formula is C58H41N3O2S. The fraction of sp³-hybridized carbons (Fsp3) is 0.121. The first-order valence-electron chi connectivity index (χ1n) is 22.2. The Bertz CT molecular complexity index is 3510. The Morgan fingerprint density at radius 2 is 1.42 bits per heavy atom. The van der Waals surface area contributed by atoms with Crippen molar-refractivity contribution in [1.29, 1.82) is 0 Å². The van der Waals surface area contributed by atoms with Crippen molar-refractivity contribution in [3.05, 3.63) is 210 Å². The van der Waals surface area contributed by atoms with Crippen LogP contribution in [0, 0.1) is 0 Å². The number of hydrogen-bond donors (Lipinski definition) is 0. The molecule has 0 saturated heterocycles. The first kappa shape index (κ1) is 37.3. The Morgan fingerprint density at radius 3 is 2.31 bits per heavy atom. The van der Waals surface area contributed by atoms with Crippen LogP contribution >= 0.6 is 11.8 Å². The average Bonchev–Trinajstić information content (AvgIpc) is 4.06. The van der Waals surface area contributed by atoms with Gasteiger partial charge in [0.1, 0.15) is 22.5 Å². The zero-order valence-corrected chi connectivity index (χ0v) is 35.9. The van der Waals surface area contributed by atoms with Crippen LogP contribution in [0.5, 0.6) is 0 Å². The number of benzene rings is 6. The van der Waals surface area contributed by atoms with Gasteiger partial charge in [0.25, 0.3) is 0 Å². The molecule has 0 radical (unpaired) electrons. The Kier molecular flexibility index (Phi) is 8.70. The number of allylic oxidation sites excluding steroid dienone is 8. The minimum Gasteiger partial charge on any atom is -0.456 e. The molecule has 6 aromatic carbocycles. The molecule has 0 fully saturated rings. The van der Waals surface area contributed by atoms with E-state index in [-0.39, 0.29) is 11.2 Å². The summed E-state index contributed by atoms with van der Waals surface area (Å²) < 4.78 is 13.4. The van der Waals surface area contributed by atoms with Crippen LogP contribution in [-0.4, -0.2) is 20.2 Å². The molecule has 13 rings (SSSR count). The monoisotopic (exact) mass is 843 g/mol. The van der Waals surface area contributed by atoms with Gasteiger partial charge in [0.15, 0.2) is 17.5 Å². The first-order chi connectivity index (χ1) is 31.6. The second kappa shape index (κ2) is 14.9. The van der Waals surface area contributed by atoms with E-state index in [9.17, 15) is 0 Å². The van der Waals surface area contributed by atoms with Crippen molar-refractivity contribution < 1.29 is 8.83 Å². The zero-order chi connectivity index (χ0) is 42.3. The smallest absolute Gasteiger partial charge is 0.165 e. The summed E-state index contributed by atoms with van der Waals surface area (Å²) in [6.07, 6.45) is 19.9. The molecule has 4 unspecified atom stereocenters. The number of para-hydroxylation sites is 2. The normalized spacial score (nSPS) is 19.8. The molecule has 0 N–H and O–H groups in total. The lowest BCUT2D eigenvalue weighted by Gasteiger charge is -2.23. The maximum Gasteiger partial charge on any atom is 0.165 e. The highest BCUT2D eigenvalue weighted by Gasteiger charge is 2.37. The summed E-state index contributed by atoms with van der Waals surface area (Å²) in [6, 6.07) is 47.2. The molecule has 1 aliphatic heterocycles. The van der Waals surface area contributed by atoms with E-state index in [0.29, 0.717) is 29.3 Å². The van der Waals surface area contributed by atoms with Gasteiger partial charge in [-0.15, -0.1) is 11.8 Å². The van der Waals surface area contributed by atoms with Crippen LogP contribution in [0.1, 0.15) is 71.4 Å². The van der Waals surface area contributed by atoms with E-state index >= 15 is 0 Å². The molecule has 306 valence electrons. The first-order valence-corrected chi connectivity index (χ1v) is 23.1. The van der Waals surface area contributed by atoms with E-state index in [1.807, 2.05) is 23.9 Å². The summed E-state index contributed by atoms with van der Waals surface area (Å²) in [7, 11) is 0. The molecular weight excluding hydrogens is 803 g/mol. The van der Waals surface area contributed by atoms with Crippen LogP contribution in [0.3, 0.4) is 0 Å². The zero-order valence-electron chi connectivity index (χ0n) is 35.1. The van der Waals surface area contributed by atoms with E-state index < -0.39 is 0 Å². The fourth-order valence-corrected chi connectivity index (χ4v) is 11.9. The van der Waals surface area contributed by atoms with E-state index in [2.05, 4.69) is 177 Å². The highest BCUT2D eigenvalue weighted by Crippen LogP contribution is 2.53. The maximum absolute atomic E-state index is 6.81. The molecule has 3 aliphatic carbocycles. The third-order valence-corrected chi connectivity index (χ3v) is 15.0. The summed E-state index contributed by atoms with van der Waals surface area (Å²) in [5.74, 6) is 3.78. The van der Waals surface area contributed by atoms with Crippen molar-refractivity contribution in [3.63, 3.8) is 0 Å². The van der Waals surface area contributed by atoms with E-state index in [1.54, 1.807) is 0 Å². The van der Waals surface area contributed by atoms with Gasteiger partial charge >= 0.3 is 0 Å². The second-order valence-electron chi connectivity index (χ2n) is 17.3. The van der Waals surface area contributed by atoms with Crippen molar-refractivity contribution in [3.8, 4) is 33.9 Å². The molecule has 5 nitrogen and oxygen atoms in total. The van der Waals surface area contributed by atoms with Gasteiger partial charge in [-0.05, 0) is 76.9 Å². The number of aromatic nitrogens is 3.